The van der Waals surface area contributed by atoms with Gasteiger partial charge in [-0.2, -0.15) is 25.3 Å². The van der Waals surface area contributed by atoms with Crippen molar-refractivity contribution in [3.63, 3.8) is 0 Å². The van der Waals surface area contributed by atoms with Gasteiger partial charge in [-0.05, 0) is 0 Å². The van der Waals surface area contributed by atoms with Crippen molar-refractivity contribution in [3.05, 3.63) is 31.5 Å². The second-order valence-corrected chi connectivity index (χ2v) is 9.49. The van der Waals surface area contributed by atoms with Crippen LogP contribution in [0, 0.1) is 0 Å². The summed E-state index contributed by atoms with van der Waals surface area (Å²) in [6.07, 6.45) is 0. The van der Waals surface area contributed by atoms with Crippen molar-refractivity contribution in [2.75, 3.05) is 17.3 Å². The van der Waals surface area contributed by atoms with E-state index < -0.39 is 84.6 Å². The Hall–Kier alpha value is -1.95. The molecule has 0 saturated carbocycles. The first kappa shape index (κ1) is 23.1. The van der Waals surface area contributed by atoms with Crippen LogP contribution in [0.2, 0.25) is 0 Å². The van der Waals surface area contributed by atoms with Gasteiger partial charge in [0.15, 0.2) is 0 Å². The van der Waals surface area contributed by atoms with Crippen LogP contribution in [0.1, 0.15) is 0 Å². The van der Waals surface area contributed by atoms with E-state index in [9.17, 15) is 51.3 Å². The van der Waals surface area contributed by atoms with E-state index in [4.69, 9.17) is 0 Å². The summed E-state index contributed by atoms with van der Waals surface area (Å²) in [6, 6.07) is 0. The fourth-order valence-corrected chi connectivity index (χ4v) is 3.06. The lowest BCUT2D eigenvalue weighted by atomic mass is 10.6. The second-order valence-electron chi connectivity index (χ2n) is 5.03. The first-order valence-electron chi connectivity index (χ1n) is 6.73. The Balaban J connectivity index is 3.59. The van der Waals surface area contributed by atoms with E-state index >= 15 is 0 Å². The molecule has 0 aromatic carbocycles. The minimum atomic E-state index is -5.17. The molecule has 0 aliphatic heterocycles. The van der Waals surface area contributed by atoms with Crippen LogP contribution in [0.5, 0.6) is 0 Å². The van der Waals surface area contributed by atoms with E-state index in [-0.39, 0.29) is 13.7 Å². The van der Waals surface area contributed by atoms with Crippen molar-refractivity contribution in [1.29, 1.82) is 0 Å². The molecule has 0 saturated heterocycles. The highest BCUT2D eigenvalue weighted by Crippen LogP contribution is 1.94. The number of hydrogen-bond acceptors (Lipinski definition) is 9. The topological polar surface area (TPSA) is 168 Å². The van der Waals surface area contributed by atoms with E-state index in [1.165, 1.54) is 0 Å². The Kier molecular flexibility index (Phi) is 6.81. The predicted molar refractivity (Wildman–Crippen MR) is 83.9 cm³/mol. The van der Waals surface area contributed by atoms with Crippen molar-refractivity contribution in [2.45, 2.75) is 19.6 Å². The average Bonchev–Trinajstić information content (AvgIpc) is 2.43. The molecule has 1 rings (SSSR count). The Labute approximate surface area is 150 Å². The molecule has 1 aromatic heterocycles. The zero-order chi connectivity index (χ0) is 21.2. The van der Waals surface area contributed by atoms with Gasteiger partial charge in [0.1, 0.15) is 0 Å². The van der Waals surface area contributed by atoms with Crippen LogP contribution >= 0.6 is 0 Å². The molecule has 0 radical (unpaired) electrons. The molecule has 0 N–H and O–H groups in total. The molecule has 18 heteroatoms. The van der Waals surface area contributed by atoms with Gasteiger partial charge in [-0.15, -0.1) is 11.7 Å². The molecule has 0 aliphatic carbocycles. The Morgan fingerprint density at radius 3 is 0.852 bits per heavy atom. The molecule has 0 amide bonds. The molecule has 156 valence electrons. The number of rotatable bonds is 9. The average molecular weight is 459 g/mol. The molecule has 12 nitrogen and oxygen atoms in total. The van der Waals surface area contributed by atoms with Crippen LogP contribution in [0.15, 0.2) is 14.4 Å². The van der Waals surface area contributed by atoms with Crippen molar-refractivity contribution in [2.24, 2.45) is 0 Å². The third-order valence-electron chi connectivity index (χ3n) is 3.06. The smallest absolute Gasteiger partial charge is 0.247 e. The zero-order valence-electron chi connectivity index (χ0n) is 13.1. The van der Waals surface area contributed by atoms with Gasteiger partial charge in [-0.3, -0.25) is 0 Å². The summed E-state index contributed by atoms with van der Waals surface area (Å²) in [4.78, 5) is 36.3. The Morgan fingerprint density at radius 2 is 0.704 bits per heavy atom. The van der Waals surface area contributed by atoms with E-state index in [2.05, 4.69) is 0 Å². The van der Waals surface area contributed by atoms with Crippen molar-refractivity contribution < 1.29 is 36.9 Å². The maximum atomic E-state index is 12.6. The van der Waals surface area contributed by atoms with E-state index in [0.29, 0.717) is 0 Å². The number of nitrogens with zero attached hydrogens (tertiary/aromatic N) is 3. The van der Waals surface area contributed by atoms with Gasteiger partial charge in [0, 0.05) is 19.6 Å². The standard InChI is InChI=1S/C9H12F3N3O9S3/c10-25(19,20)4-1-13-7(16)14(2-5-26(11,21)22)9(18)15(8(13)17)3-6-27(12,23)24/h1-6H2. The predicted octanol–water partition coefficient (Wildman–Crippen LogP) is -2.93. The molecule has 0 spiro atoms. The van der Waals surface area contributed by atoms with Crippen molar-refractivity contribution >= 4 is 30.7 Å². The highest BCUT2D eigenvalue weighted by Gasteiger charge is 2.20. The minimum absolute atomic E-state index is 0.00572. The van der Waals surface area contributed by atoms with E-state index in [1.807, 2.05) is 0 Å². The summed E-state index contributed by atoms with van der Waals surface area (Å²) in [5.41, 5.74) is -4.76. The third-order valence-corrected chi connectivity index (χ3v) is 5.07. The summed E-state index contributed by atoms with van der Waals surface area (Å²) >= 11 is 0. The van der Waals surface area contributed by atoms with Gasteiger partial charge in [-0.25, -0.2) is 28.1 Å². The van der Waals surface area contributed by atoms with Crippen LogP contribution in [-0.4, -0.2) is 56.2 Å². The molecule has 1 heterocycles. The highest BCUT2D eigenvalue weighted by atomic mass is 32.3. The molecule has 0 aliphatic rings. The van der Waals surface area contributed by atoms with Crippen molar-refractivity contribution in [3.8, 4) is 0 Å². The largest absolute Gasteiger partial charge is 0.336 e. The normalized spacial score (nSPS) is 13.0. The monoisotopic (exact) mass is 459 g/mol. The van der Waals surface area contributed by atoms with Gasteiger partial charge >= 0.3 is 47.7 Å². The van der Waals surface area contributed by atoms with Crippen LogP contribution in [0.4, 0.5) is 11.7 Å². The van der Waals surface area contributed by atoms with Crippen LogP contribution in [-0.2, 0) is 50.3 Å². The lowest BCUT2D eigenvalue weighted by Crippen LogP contribution is -2.55. The summed E-state index contributed by atoms with van der Waals surface area (Å²) in [5.74, 6) is -4.16. The van der Waals surface area contributed by atoms with Gasteiger partial charge in [-0.1, -0.05) is 0 Å². The zero-order valence-corrected chi connectivity index (χ0v) is 15.6. The van der Waals surface area contributed by atoms with E-state index in [0.717, 1.165) is 0 Å². The van der Waals surface area contributed by atoms with Crippen LogP contribution < -0.4 is 17.1 Å². The molecule has 27 heavy (non-hydrogen) atoms. The van der Waals surface area contributed by atoms with Gasteiger partial charge < -0.3 is 0 Å². The van der Waals surface area contributed by atoms with Gasteiger partial charge in [0.25, 0.3) is 0 Å². The minimum Gasteiger partial charge on any atom is -0.247 e. The van der Waals surface area contributed by atoms with Crippen LogP contribution in [0.3, 0.4) is 0 Å². The summed E-state index contributed by atoms with van der Waals surface area (Å²) < 4.78 is 101. The number of aromatic nitrogens is 3. The summed E-state index contributed by atoms with van der Waals surface area (Å²) in [6.45, 7) is -3.37. The molecular weight excluding hydrogens is 447 g/mol. The molecule has 0 unspecified atom stereocenters. The number of hydrogen-bond donors (Lipinski definition) is 0. The third kappa shape index (κ3) is 7.29. The molecular formula is C9H12F3N3O9S3. The number of halogens is 3. The first-order chi connectivity index (χ1) is 12.0. The highest BCUT2D eigenvalue weighted by molar-refractivity contribution is 7.86. The molecule has 0 fully saturated rings. The van der Waals surface area contributed by atoms with Crippen LogP contribution in [0.25, 0.3) is 0 Å². The second kappa shape index (κ2) is 7.97. The fraction of sp³-hybridized carbons (Fsp3) is 0.667. The Morgan fingerprint density at radius 1 is 0.519 bits per heavy atom. The van der Waals surface area contributed by atoms with Gasteiger partial charge in [0.2, 0.25) is 0 Å². The lowest BCUT2D eigenvalue weighted by molar-refractivity contribution is 0.461. The van der Waals surface area contributed by atoms with Crippen molar-refractivity contribution in [1.82, 2.24) is 13.7 Å². The maximum absolute atomic E-state index is 12.6. The summed E-state index contributed by atoms with van der Waals surface area (Å²) in [5, 5.41) is 0. The quantitative estimate of drug-likeness (QED) is 0.351. The molecule has 1 aromatic rings. The summed E-state index contributed by atoms with van der Waals surface area (Å²) in [7, 11) is -15.5. The van der Waals surface area contributed by atoms with E-state index in [1.54, 1.807) is 0 Å². The fourth-order valence-electron chi connectivity index (χ4n) is 1.86. The lowest BCUT2D eigenvalue weighted by Gasteiger charge is -2.12. The SMILES string of the molecule is O=c1n(CCS(=O)(=O)F)c(=O)n(CCS(=O)(=O)F)c(=O)n1CCS(=O)(=O)F. The molecule has 0 atom stereocenters. The molecule has 0 bridgehead atoms. The maximum Gasteiger partial charge on any atom is 0.336 e. The van der Waals surface area contributed by atoms with Gasteiger partial charge in [0.05, 0.1) is 17.3 Å². The Bertz CT molecular complexity index is 1030. The first-order valence-corrected chi connectivity index (χ1v) is 11.4.